The number of nitrogens with zero attached hydrogens (tertiary/aromatic N) is 1. The van der Waals surface area contributed by atoms with Crippen molar-refractivity contribution in [1.29, 1.82) is 0 Å². The summed E-state index contributed by atoms with van der Waals surface area (Å²) in [6.45, 7) is 4.07. The Morgan fingerprint density at radius 3 is 1.86 bits per heavy atom. The van der Waals surface area contributed by atoms with Gasteiger partial charge in [-0.25, -0.2) is 4.39 Å². The monoisotopic (exact) mass is 730 g/mol. The number of halogens is 1. The van der Waals surface area contributed by atoms with Crippen molar-refractivity contribution in [3.63, 3.8) is 0 Å². The Morgan fingerprint density at radius 1 is 0.725 bits per heavy atom. The lowest BCUT2D eigenvalue weighted by atomic mass is 10.1. The number of ether oxygens (including phenoxy) is 3. The number of thioether (sulfide) groups is 2. The molecule has 13 heteroatoms. The average Bonchev–Trinajstić information content (AvgIpc) is 3.59. The molecule has 2 aliphatic rings. The van der Waals surface area contributed by atoms with Crippen molar-refractivity contribution in [2.24, 2.45) is 0 Å². The van der Waals surface area contributed by atoms with Crippen LogP contribution in [-0.4, -0.2) is 61.9 Å². The lowest BCUT2D eigenvalue weighted by molar-refractivity contribution is -0.118. The van der Waals surface area contributed by atoms with E-state index in [0.717, 1.165) is 22.9 Å². The molecule has 6 rings (SSSR count). The number of amides is 3. The highest BCUT2D eigenvalue weighted by molar-refractivity contribution is 8.15. The van der Waals surface area contributed by atoms with Crippen LogP contribution in [0.15, 0.2) is 109 Å². The van der Waals surface area contributed by atoms with Crippen LogP contribution in [0.3, 0.4) is 0 Å². The SMILES string of the molecule is C=C1C(Cc2ccc(OC[C@H](O)c3cccc(F)c3)cc2)SC(=O)N1COc1cccc([C@@H](O)COc2ccc(CC3SC(=O)NC3=O)cc2)c1. The summed E-state index contributed by atoms with van der Waals surface area (Å²) in [4.78, 5) is 37.6. The zero-order valence-corrected chi connectivity index (χ0v) is 28.9. The summed E-state index contributed by atoms with van der Waals surface area (Å²) < 4.78 is 30.9. The smallest absolute Gasteiger partial charge is 0.289 e. The molecule has 0 bridgehead atoms. The Bertz CT molecular complexity index is 1890. The normalized spacial score (nSPS) is 18.5. The first kappa shape index (κ1) is 36.0. The number of carbonyl (C=O) groups is 3. The van der Waals surface area contributed by atoms with Gasteiger partial charge in [-0.1, -0.05) is 78.6 Å². The standard InChI is InChI=1S/C38H35FN2O8S2/c1-23-34(16-24-8-12-29(13-9-24)47-20-32(42)26-4-2-6-28(39)18-26)51-38(46)41(23)22-49-31-7-3-5-27(19-31)33(43)21-48-30-14-10-25(11-15-30)17-35-36(44)40-37(45)50-35/h2-15,18-19,32-35,42-43H,1,16-17,20-22H2,(H,40,44,45)/t32-,33-,34?,35?/m0/s1. The molecule has 4 aromatic rings. The summed E-state index contributed by atoms with van der Waals surface area (Å²) in [7, 11) is 0. The molecule has 0 radical (unpaired) electrons. The maximum absolute atomic E-state index is 13.5. The fraction of sp³-hybridized carbons (Fsp3) is 0.237. The number of hydrogen-bond acceptors (Lipinski definition) is 10. The molecule has 0 saturated carbocycles. The molecule has 264 valence electrons. The number of rotatable bonds is 15. The summed E-state index contributed by atoms with van der Waals surface area (Å²) in [6.07, 6.45) is -0.937. The molecule has 2 fully saturated rings. The van der Waals surface area contributed by atoms with E-state index >= 15 is 0 Å². The Hall–Kier alpha value is -4.82. The van der Waals surface area contributed by atoms with Gasteiger partial charge in [0.2, 0.25) is 5.91 Å². The van der Waals surface area contributed by atoms with Crippen molar-refractivity contribution in [1.82, 2.24) is 10.2 Å². The number of carbonyl (C=O) groups excluding carboxylic acids is 3. The van der Waals surface area contributed by atoms with E-state index in [2.05, 4.69) is 11.9 Å². The van der Waals surface area contributed by atoms with Crippen LogP contribution in [-0.2, 0) is 17.6 Å². The number of hydrogen-bond donors (Lipinski definition) is 3. The van der Waals surface area contributed by atoms with Crippen LogP contribution in [0.25, 0.3) is 0 Å². The van der Waals surface area contributed by atoms with E-state index in [1.807, 2.05) is 24.3 Å². The predicted octanol–water partition coefficient (Wildman–Crippen LogP) is 6.57. The largest absolute Gasteiger partial charge is 0.491 e. The van der Waals surface area contributed by atoms with Gasteiger partial charge < -0.3 is 24.4 Å². The Morgan fingerprint density at radius 2 is 1.29 bits per heavy atom. The van der Waals surface area contributed by atoms with Crippen molar-refractivity contribution < 1.29 is 43.2 Å². The molecule has 3 amide bonds. The van der Waals surface area contributed by atoms with Gasteiger partial charge in [-0.2, -0.15) is 0 Å². The molecule has 2 heterocycles. The van der Waals surface area contributed by atoms with Gasteiger partial charge in [-0.15, -0.1) is 0 Å². The third-order valence-electron chi connectivity index (χ3n) is 8.29. The highest BCUT2D eigenvalue weighted by atomic mass is 32.2. The minimum Gasteiger partial charge on any atom is -0.491 e. The Kier molecular flexibility index (Phi) is 11.6. The second-order valence-corrected chi connectivity index (χ2v) is 14.3. The zero-order chi connectivity index (χ0) is 35.9. The second kappa shape index (κ2) is 16.5. The van der Waals surface area contributed by atoms with Crippen LogP contribution < -0.4 is 19.5 Å². The Labute approximate surface area is 302 Å². The molecule has 3 N–H and O–H groups in total. The summed E-state index contributed by atoms with van der Waals surface area (Å²) in [5.74, 6) is 0.858. The quantitative estimate of drug-likeness (QED) is 0.123. The van der Waals surface area contributed by atoms with Gasteiger partial charge in [-0.05, 0) is 83.6 Å². The summed E-state index contributed by atoms with van der Waals surface area (Å²) in [5, 5.41) is 22.2. The van der Waals surface area contributed by atoms with E-state index in [1.54, 1.807) is 54.6 Å². The highest BCUT2D eigenvalue weighted by Crippen LogP contribution is 2.36. The molecular weight excluding hydrogens is 696 g/mol. The van der Waals surface area contributed by atoms with Gasteiger partial charge in [0, 0.05) is 5.70 Å². The fourth-order valence-corrected chi connectivity index (χ4v) is 7.39. The van der Waals surface area contributed by atoms with Gasteiger partial charge in [-0.3, -0.25) is 24.6 Å². The molecule has 0 spiro atoms. The molecule has 4 atom stereocenters. The number of nitrogens with one attached hydrogen (secondary N) is 1. The number of imide groups is 1. The van der Waals surface area contributed by atoms with Gasteiger partial charge in [0.05, 0.1) is 10.5 Å². The van der Waals surface area contributed by atoms with Crippen LogP contribution in [0.5, 0.6) is 17.2 Å². The third-order valence-corrected chi connectivity index (χ3v) is 10.4. The van der Waals surface area contributed by atoms with E-state index in [1.165, 1.54) is 34.9 Å². The first-order valence-electron chi connectivity index (χ1n) is 16.1. The fourth-order valence-electron chi connectivity index (χ4n) is 5.45. The van der Waals surface area contributed by atoms with Gasteiger partial charge >= 0.3 is 0 Å². The number of benzene rings is 4. The minimum absolute atomic E-state index is 0.0120. The van der Waals surface area contributed by atoms with Crippen molar-refractivity contribution in [3.8, 4) is 17.2 Å². The first-order chi connectivity index (χ1) is 24.6. The molecule has 0 aliphatic carbocycles. The van der Waals surface area contributed by atoms with E-state index in [4.69, 9.17) is 14.2 Å². The van der Waals surface area contributed by atoms with E-state index < -0.39 is 23.3 Å². The highest BCUT2D eigenvalue weighted by Gasteiger charge is 2.35. The lowest BCUT2D eigenvalue weighted by Crippen LogP contribution is -2.27. The van der Waals surface area contributed by atoms with Crippen molar-refractivity contribution in [2.45, 2.75) is 35.5 Å². The van der Waals surface area contributed by atoms with Gasteiger partial charge in [0.1, 0.15) is 48.5 Å². The third kappa shape index (κ3) is 9.50. The average molecular weight is 731 g/mol. The molecule has 2 aliphatic heterocycles. The first-order valence-corrected chi connectivity index (χ1v) is 17.8. The number of aliphatic hydroxyl groups is 2. The summed E-state index contributed by atoms with van der Waals surface area (Å²) in [5.41, 5.74) is 3.49. The minimum atomic E-state index is -0.968. The summed E-state index contributed by atoms with van der Waals surface area (Å²) in [6, 6.07) is 27.2. The van der Waals surface area contributed by atoms with Crippen molar-refractivity contribution in [3.05, 3.63) is 137 Å². The molecule has 0 aromatic heterocycles. The van der Waals surface area contributed by atoms with E-state index in [0.29, 0.717) is 46.9 Å². The molecule has 10 nitrogen and oxygen atoms in total. The van der Waals surface area contributed by atoms with Crippen LogP contribution >= 0.6 is 23.5 Å². The molecule has 4 aromatic carbocycles. The lowest BCUT2D eigenvalue weighted by Gasteiger charge is -2.20. The van der Waals surface area contributed by atoms with Crippen LogP contribution in [0.1, 0.15) is 34.5 Å². The molecule has 2 unspecified atom stereocenters. The molecular formula is C38H35FN2O8S2. The van der Waals surface area contributed by atoms with Crippen molar-refractivity contribution >= 4 is 39.9 Å². The van der Waals surface area contributed by atoms with Crippen LogP contribution in [0, 0.1) is 5.82 Å². The molecule has 2 saturated heterocycles. The van der Waals surface area contributed by atoms with E-state index in [-0.39, 0.29) is 41.6 Å². The second-order valence-electron chi connectivity index (χ2n) is 11.9. The maximum atomic E-state index is 13.5. The predicted molar refractivity (Wildman–Crippen MR) is 192 cm³/mol. The van der Waals surface area contributed by atoms with Crippen LogP contribution in [0.4, 0.5) is 14.0 Å². The zero-order valence-electron chi connectivity index (χ0n) is 27.3. The Balaban J connectivity index is 0.948. The molecule has 51 heavy (non-hydrogen) atoms. The van der Waals surface area contributed by atoms with Crippen LogP contribution in [0.2, 0.25) is 0 Å². The number of aliphatic hydroxyl groups excluding tert-OH is 2. The van der Waals surface area contributed by atoms with Gasteiger partial charge in [0.25, 0.3) is 10.5 Å². The van der Waals surface area contributed by atoms with Crippen molar-refractivity contribution in [2.75, 3.05) is 19.9 Å². The topological polar surface area (TPSA) is 135 Å². The van der Waals surface area contributed by atoms with E-state index in [9.17, 15) is 29.0 Å². The summed E-state index contributed by atoms with van der Waals surface area (Å²) >= 11 is 2.16. The maximum Gasteiger partial charge on any atom is 0.289 e. The van der Waals surface area contributed by atoms with Gasteiger partial charge in [0.15, 0.2) is 6.73 Å².